The quantitative estimate of drug-likeness (QED) is 0.836. The lowest BCUT2D eigenvalue weighted by molar-refractivity contribution is -0.120. The highest BCUT2D eigenvalue weighted by Crippen LogP contribution is 2.05. The Balaban J connectivity index is 1.87. The van der Waals surface area contributed by atoms with Crippen LogP contribution in [-0.2, 0) is 17.8 Å². The standard InChI is InChI=1S/C13H15N3O/c1-10-8-14-6-4-11(10)7-13(17)16-9-12-3-2-5-15-12/h2-6,8,15H,7,9H2,1H3,(H,16,17). The van der Waals surface area contributed by atoms with Crippen LogP contribution in [0.1, 0.15) is 16.8 Å². The van der Waals surface area contributed by atoms with Gasteiger partial charge in [0, 0.05) is 24.3 Å². The number of carbonyl (C=O) groups is 1. The van der Waals surface area contributed by atoms with E-state index >= 15 is 0 Å². The van der Waals surface area contributed by atoms with E-state index in [2.05, 4.69) is 15.3 Å². The second kappa shape index (κ2) is 5.30. The van der Waals surface area contributed by atoms with Gasteiger partial charge in [0.05, 0.1) is 13.0 Å². The van der Waals surface area contributed by atoms with Crippen LogP contribution in [0.25, 0.3) is 0 Å². The molecule has 2 aromatic heterocycles. The molecule has 4 heteroatoms. The molecular weight excluding hydrogens is 214 g/mol. The Hall–Kier alpha value is -2.10. The first-order valence-corrected chi connectivity index (χ1v) is 5.54. The number of amides is 1. The van der Waals surface area contributed by atoms with Crippen LogP contribution in [0.2, 0.25) is 0 Å². The summed E-state index contributed by atoms with van der Waals surface area (Å²) in [5.41, 5.74) is 3.07. The van der Waals surface area contributed by atoms with Gasteiger partial charge >= 0.3 is 0 Å². The van der Waals surface area contributed by atoms with E-state index in [1.165, 1.54) is 0 Å². The zero-order chi connectivity index (χ0) is 12.1. The number of rotatable bonds is 4. The lowest BCUT2D eigenvalue weighted by Crippen LogP contribution is -2.25. The van der Waals surface area contributed by atoms with Crippen molar-refractivity contribution in [3.8, 4) is 0 Å². The fourth-order valence-corrected chi connectivity index (χ4v) is 1.61. The van der Waals surface area contributed by atoms with Gasteiger partial charge in [-0.15, -0.1) is 0 Å². The first-order chi connectivity index (χ1) is 8.25. The Kier molecular flexibility index (Phi) is 3.55. The predicted octanol–water partition coefficient (Wildman–Crippen LogP) is 1.58. The van der Waals surface area contributed by atoms with Crippen LogP contribution in [0.4, 0.5) is 0 Å². The van der Waals surface area contributed by atoms with Crippen molar-refractivity contribution in [2.75, 3.05) is 0 Å². The van der Waals surface area contributed by atoms with Crippen LogP contribution in [0, 0.1) is 6.92 Å². The van der Waals surface area contributed by atoms with Gasteiger partial charge in [-0.2, -0.15) is 0 Å². The van der Waals surface area contributed by atoms with Gasteiger partial charge in [-0.05, 0) is 36.2 Å². The molecule has 0 aromatic carbocycles. The number of hydrogen-bond acceptors (Lipinski definition) is 2. The summed E-state index contributed by atoms with van der Waals surface area (Å²) < 4.78 is 0. The molecule has 0 fully saturated rings. The molecule has 4 nitrogen and oxygen atoms in total. The maximum Gasteiger partial charge on any atom is 0.224 e. The third-order valence-corrected chi connectivity index (χ3v) is 2.63. The Morgan fingerprint density at radius 1 is 1.47 bits per heavy atom. The molecule has 0 bridgehead atoms. The molecule has 0 aliphatic carbocycles. The van der Waals surface area contributed by atoms with Crippen LogP contribution in [0.5, 0.6) is 0 Å². The third-order valence-electron chi connectivity index (χ3n) is 2.63. The Bertz CT molecular complexity index is 491. The highest BCUT2D eigenvalue weighted by molar-refractivity contribution is 5.78. The molecule has 2 N–H and O–H groups in total. The minimum atomic E-state index is 0.0221. The highest BCUT2D eigenvalue weighted by Gasteiger charge is 2.05. The molecule has 2 rings (SSSR count). The van der Waals surface area contributed by atoms with Crippen molar-refractivity contribution in [3.05, 3.63) is 53.6 Å². The first-order valence-electron chi connectivity index (χ1n) is 5.54. The summed E-state index contributed by atoms with van der Waals surface area (Å²) in [6.07, 6.45) is 5.72. The van der Waals surface area contributed by atoms with Gasteiger partial charge in [0.25, 0.3) is 0 Å². The summed E-state index contributed by atoms with van der Waals surface area (Å²) in [6.45, 7) is 2.50. The zero-order valence-corrected chi connectivity index (χ0v) is 9.73. The highest BCUT2D eigenvalue weighted by atomic mass is 16.1. The van der Waals surface area contributed by atoms with Crippen molar-refractivity contribution < 1.29 is 4.79 Å². The second-order valence-electron chi connectivity index (χ2n) is 3.95. The summed E-state index contributed by atoms with van der Waals surface area (Å²) in [6, 6.07) is 5.73. The molecule has 0 saturated heterocycles. The van der Waals surface area contributed by atoms with Gasteiger partial charge in [-0.1, -0.05) is 0 Å². The summed E-state index contributed by atoms with van der Waals surface area (Å²) in [5.74, 6) is 0.0221. The van der Waals surface area contributed by atoms with Gasteiger partial charge in [0.1, 0.15) is 0 Å². The molecule has 0 unspecified atom stereocenters. The third kappa shape index (κ3) is 3.17. The van der Waals surface area contributed by atoms with Crippen molar-refractivity contribution >= 4 is 5.91 Å². The number of aryl methyl sites for hydroxylation is 1. The first kappa shape index (κ1) is 11.4. The monoisotopic (exact) mass is 229 g/mol. The van der Waals surface area contributed by atoms with E-state index in [9.17, 15) is 4.79 Å². The molecule has 2 aromatic rings. The number of aromatic amines is 1. The predicted molar refractivity (Wildman–Crippen MR) is 65.3 cm³/mol. The van der Waals surface area contributed by atoms with E-state index in [-0.39, 0.29) is 5.91 Å². The maximum absolute atomic E-state index is 11.7. The van der Waals surface area contributed by atoms with Crippen LogP contribution in [0.3, 0.4) is 0 Å². The Morgan fingerprint density at radius 2 is 2.35 bits per heavy atom. The summed E-state index contributed by atoms with van der Waals surface area (Å²) in [7, 11) is 0. The molecule has 0 saturated carbocycles. The van der Waals surface area contributed by atoms with Crippen molar-refractivity contribution in [2.45, 2.75) is 19.9 Å². The van der Waals surface area contributed by atoms with Crippen LogP contribution < -0.4 is 5.32 Å². The number of pyridine rings is 1. The fraction of sp³-hybridized carbons (Fsp3) is 0.231. The minimum Gasteiger partial charge on any atom is -0.364 e. The molecule has 0 aliphatic heterocycles. The Morgan fingerprint density at radius 3 is 3.06 bits per heavy atom. The normalized spacial score (nSPS) is 10.2. The van der Waals surface area contributed by atoms with Crippen molar-refractivity contribution in [3.63, 3.8) is 0 Å². The molecule has 2 heterocycles. The summed E-state index contributed by atoms with van der Waals surface area (Å²) in [5, 5.41) is 2.87. The van der Waals surface area contributed by atoms with E-state index in [4.69, 9.17) is 0 Å². The SMILES string of the molecule is Cc1cnccc1CC(=O)NCc1ccc[nH]1. The Labute approximate surface area is 100 Å². The molecule has 0 aliphatic rings. The smallest absolute Gasteiger partial charge is 0.224 e. The number of nitrogens with one attached hydrogen (secondary N) is 2. The van der Waals surface area contributed by atoms with Gasteiger partial charge in [0.15, 0.2) is 0 Å². The second-order valence-corrected chi connectivity index (χ2v) is 3.95. The number of hydrogen-bond donors (Lipinski definition) is 2. The largest absolute Gasteiger partial charge is 0.364 e. The van der Waals surface area contributed by atoms with Crippen molar-refractivity contribution in [2.24, 2.45) is 0 Å². The van der Waals surface area contributed by atoms with E-state index in [1.807, 2.05) is 31.3 Å². The zero-order valence-electron chi connectivity index (χ0n) is 9.73. The molecule has 1 amide bonds. The van der Waals surface area contributed by atoms with Crippen LogP contribution >= 0.6 is 0 Å². The summed E-state index contributed by atoms with van der Waals surface area (Å²) in [4.78, 5) is 18.8. The van der Waals surface area contributed by atoms with Crippen molar-refractivity contribution in [1.29, 1.82) is 0 Å². The average molecular weight is 229 g/mol. The molecule has 0 radical (unpaired) electrons. The molecule has 88 valence electrons. The van der Waals surface area contributed by atoms with Gasteiger partial charge in [0.2, 0.25) is 5.91 Å². The maximum atomic E-state index is 11.7. The van der Waals surface area contributed by atoms with Crippen LogP contribution in [-0.4, -0.2) is 15.9 Å². The number of carbonyl (C=O) groups excluding carboxylic acids is 1. The molecule has 17 heavy (non-hydrogen) atoms. The van der Waals surface area contributed by atoms with Crippen molar-refractivity contribution in [1.82, 2.24) is 15.3 Å². The average Bonchev–Trinajstić information content (AvgIpc) is 2.82. The van der Waals surface area contributed by atoms with E-state index in [0.717, 1.165) is 16.8 Å². The number of aromatic nitrogens is 2. The number of nitrogens with zero attached hydrogens (tertiary/aromatic N) is 1. The topological polar surface area (TPSA) is 57.8 Å². The van der Waals surface area contributed by atoms with E-state index < -0.39 is 0 Å². The molecular formula is C13H15N3O. The molecule has 0 spiro atoms. The van der Waals surface area contributed by atoms with E-state index in [0.29, 0.717) is 13.0 Å². The van der Waals surface area contributed by atoms with Gasteiger partial charge in [-0.3, -0.25) is 9.78 Å². The van der Waals surface area contributed by atoms with Gasteiger partial charge < -0.3 is 10.3 Å². The molecule has 0 atom stereocenters. The van der Waals surface area contributed by atoms with E-state index in [1.54, 1.807) is 12.4 Å². The van der Waals surface area contributed by atoms with Crippen LogP contribution in [0.15, 0.2) is 36.8 Å². The lowest BCUT2D eigenvalue weighted by atomic mass is 10.1. The summed E-state index contributed by atoms with van der Waals surface area (Å²) >= 11 is 0. The number of H-pyrrole nitrogens is 1. The lowest BCUT2D eigenvalue weighted by Gasteiger charge is -2.06. The van der Waals surface area contributed by atoms with Gasteiger partial charge in [-0.25, -0.2) is 0 Å². The fourth-order valence-electron chi connectivity index (χ4n) is 1.61. The minimum absolute atomic E-state index is 0.0221.